The smallest absolute Gasteiger partial charge is 0.387 e. The number of nitrogens with one attached hydrogen (secondary N) is 1. The van der Waals surface area contributed by atoms with Crippen LogP contribution in [0.3, 0.4) is 0 Å². The molecule has 10 heteroatoms. The van der Waals surface area contributed by atoms with E-state index in [0.29, 0.717) is 20.9 Å². The van der Waals surface area contributed by atoms with Crippen LogP contribution < -0.4 is 14.8 Å². The molecule has 0 aliphatic rings. The van der Waals surface area contributed by atoms with Crippen molar-refractivity contribution < 1.29 is 23.0 Å². The first-order valence-electron chi connectivity index (χ1n) is 7.87. The van der Waals surface area contributed by atoms with Gasteiger partial charge in [-0.05, 0) is 36.4 Å². The largest absolute Gasteiger partial charge is 0.471 e. The first-order valence-corrected chi connectivity index (χ1v) is 9.04. The molecule has 2 aromatic carbocycles. The van der Waals surface area contributed by atoms with Gasteiger partial charge in [-0.15, -0.1) is 0 Å². The molecule has 0 unspecified atom stereocenters. The van der Waals surface area contributed by atoms with Crippen molar-refractivity contribution in [3.63, 3.8) is 0 Å². The van der Waals surface area contributed by atoms with Crippen LogP contribution >= 0.6 is 27.5 Å². The highest BCUT2D eigenvalue weighted by atomic mass is 79.9. The van der Waals surface area contributed by atoms with Crippen molar-refractivity contribution >= 4 is 39.1 Å². The molecule has 3 aromatic rings. The fourth-order valence-electron chi connectivity index (χ4n) is 2.27. The molecule has 0 atom stereocenters. The second-order valence-corrected chi connectivity index (χ2v) is 6.82. The Kier molecular flexibility index (Phi) is 6.48. The number of alkyl halides is 2. The van der Waals surface area contributed by atoms with Crippen molar-refractivity contribution in [1.82, 2.24) is 9.78 Å². The summed E-state index contributed by atoms with van der Waals surface area (Å²) in [5.74, 6) is -0.281. The minimum atomic E-state index is -3.04. The van der Waals surface area contributed by atoms with Gasteiger partial charge in [0.2, 0.25) is 0 Å². The maximum Gasteiger partial charge on any atom is 0.387 e. The molecule has 1 aromatic heterocycles. The van der Waals surface area contributed by atoms with Gasteiger partial charge in [-0.1, -0.05) is 33.6 Å². The molecule has 28 heavy (non-hydrogen) atoms. The predicted molar refractivity (Wildman–Crippen MR) is 103 cm³/mol. The third-order valence-corrected chi connectivity index (χ3v) is 4.18. The Morgan fingerprint density at radius 2 is 2.11 bits per heavy atom. The molecular weight excluding hydrogens is 460 g/mol. The summed E-state index contributed by atoms with van der Waals surface area (Å²) in [4.78, 5) is 12.5. The van der Waals surface area contributed by atoms with Crippen molar-refractivity contribution in [2.75, 3.05) is 5.32 Å². The highest BCUT2D eigenvalue weighted by Gasteiger charge is 2.17. The van der Waals surface area contributed by atoms with Gasteiger partial charge in [0.1, 0.15) is 11.5 Å². The molecule has 6 nitrogen and oxygen atoms in total. The molecule has 0 aliphatic heterocycles. The van der Waals surface area contributed by atoms with Gasteiger partial charge in [-0.3, -0.25) is 4.79 Å². The minimum Gasteiger partial charge on any atom is -0.471 e. The van der Waals surface area contributed by atoms with Crippen molar-refractivity contribution in [2.24, 2.45) is 0 Å². The lowest BCUT2D eigenvalue weighted by Crippen LogP contribution is -2.15. The Morgan fingerprint density at radius 1 is 1.29 bits per heavy atom. The zero-order valence-corrected chi connectivity index (χ0v) is 16.5. The van der Waals surface area contributed by atoms with E-state index >= 15 is 0 Å². The van der Waals surface area contributed by atoms with Crippen molar-refractivity contribution in [1.29, 1.82) is 0 Å². The van der Waals surface area contributed by atoms with Crippen LogP contribution in [0.4, 0.5) is 14.5 Å². The molecule has 0 bridgehead atoms. The van der Waals surface area contributed by atoms with E-state index < -0.39 is 12.5 Å². The SMILES string of the molecule is O=C(Nc1cnn(COc2cccc(Cl)c2)c1)c1cc(Br)ccc1OC(F)F. The van der Waals surface area contributed by atoms with Gasteiger partial charge in [0.25, 0.3) is 5.91 Å². The number of halogens is 4. The Morgan fingerprint density at radius 3 is 2.86 bits per heavy atom. The van der Waals surface area contributed by atoms with Crippen LogP contribution in [0.15, 0.2) is 59.3 Å². The molecule has 0 saturated carbocycles. The van der Waals surface area contributed by atoms with E-state index in [0.717, 1.165) is 0 Å². The van der Waals surface area contributed by atoms with E-state index in [4.69, 9.17) is 16.3 Å². The zero-order valence-electron chi connectivity index (χ0n) is 14.1. The van der Waals surface area contributed by atoms with E-state index in [1.54, 1.807) is 24.3 Å². The number of carbonyl (C=O) groups is 1. The van der Waals surface area contributed by atoms with E-state index in [1.807, 2.05) is 0 Å². The molecule has 0 fully saturated rings. The number of nitrogens with zero attached hydrogens (tertiary/aromatic N) is 2. The number of ether oxygens (including phenoxy) is 2. The van der Waals surface area contributed by atoms with Gasteiger partial charge < -0.3 is 14.8 Å². The molecule has 1 amide bonds. The van der Waals surface area contributed by atoms with E-state index in [9.17, 15) is 13.6 Å². The lowest BCUT2D eigenvalue weighted by atomic mass is 10.2. The number of hydrogen-bond acceptors (Lipinski definition) is 4. The van der Waals surface area contributed by atoms with Crippen LogP contribution in [0.1, 0.15) is 10.4 Å². The number of anilines is 1. The van der Waals surface area contributed by atoms with Gasteiger partial charge in [0.15, 0.2) is 6.73 Å². The maximum absolute atomic E-state index is 12.5. The first kappa shape index (κ1) is 20.1. The zero-order chi connectivity index (χ0) is 20.1. The van der Waals surface area contributed by atoms with Crippen LogP contribution in [0.2, 0.25) is 5.02 Å². The number of benzene rings is 2. The number of carbonyl (C=O) groups excluding carboxylic acids is 1. The van der Waals surface area contributed by atoms with Gasteiger partial charge in [0, 0.05) is 9.50 Å². The van der Waals surface area contributed by atoms with E-state index in [-0.39, 0.29) is 18.0 Å². The summed E-state index contributed by atoms with van der Waals surface area (Å²) >= 11 is 9.09. The number of amides is 1. The lowest BCUT2D eigenvalue weighted by Gasteiger charge is -2.10. The second kappa shape index (κ2) is 9.03. The van der Waals surface area contributed by atoms with Gasteiger partial charge >= 0.3 is 6.61 Å². The molecule has 3 rings (SSSR count). The summed E-state index contributed by atoms with van der Waals surface area (Å²) in [6, 6.07) is 11.1. The molecular formula is C18H13BrClF2N3O3. The number of aromatic nitrogens is 2. The fourth-order valence-corrected chi connectivity index (χ4v) is 2.81. The Bertz CT molecular complexity index is 984. The lowest BCUT2D eigenvalue weighted by molar-refractivity contribution is -0.0501. The summed E-state index contributed by atoms with van der Waals surface area (Å²) in [5, 5.41) is 7.20. The summed E-state index contributed by atoms with van der Waals surface area (Å²) in [6.45, 7) is -2.95. The Labute approximate surface area is 172 Å². The highest BCUT2D eigenvalue weighted by Crippen LogP contribution is 2.26. The van der Waals surface area contributed by atoms with Crippen molar-refractivity contribution in [3.8, 4) is 11.5 Å². The second-order valence-electron chi connectivity index (χ2n) is 5.47. The third kappa shape index (κ3) is 5.43. The first-order chi connectivity index (χ1) is 13.4. The monoisotopic (exact) mass is 471 g/mol. The molecule has 146 valence electrons. The highest BCUT2D eigenvalue weighted by molar-refractivity contribution is 9.10. The third-order valence-electron chi connectivity index (χ3n) is 3.45. The maximum atomic E-state index is 12.5. The summed E-state index contributed by atoms with van der Waals surface area (Å²) in [7, 11) is 0. The fraction of sp³-hybridized carbons (Fsp3) is 0.111. The van der Waals surface area contributed by atoms with Crippen LogP contribution in [0, 0.1) is 0 Å². The van der Waals surface area contributed by atoms with E-state index in [1.165, 1.54) is 35.3 Å². The predicted octanol–water partition coefficient (Wildman–Crippen LogP) is 5.19. The van der Waals surface area contributed by atoms with Crippen molar-refractivity contribution in [2.45, 2.75) is 13.3 Å². The van der Waals surface area contributed by atoms with Crippen LogP contribution in [-0.2, 0) is 6.73 Å². The topological polar surface area (TPSA) is 65.4 Å². The molecule has 0 radical (unpaired) electrons. The average Bonchev–Trinajstić information content (AvgIpc) is 3.08. The molecule has 0 spiro atoms. The number of hydrogen-bond donors (Lipinski definition) is 1. The Balaban J connectivity index is 1.66. The van der Waals surface area contributed by atoms with Gasteiger partial charge in [-0.2, -0.15) is 13.9 Å². The summed E-state index contributed by atoms with van der Waals surface area (Å²) < 4.78 is 37.0. The van der Waals surface area contributed by atoms with Crippen LogP contribution in [-0.4, -0.2) is 22.3 Å². The molecule has 1 N–H and O–H groups in total. The summed E-state index contributed by atoms with van der Waals surface area (Å²) in [6.07, 6.45) is 2.94. The van der Waals surface area contributed by atoms with E-state index in [2.05, 4.69) is 31.1 Å². The quantitative estimate of drug-likeness (QED) is 0.514. The average molecular weight is 473 g/mol. The molecule has 0 saturated heterocycles. The van der Waals surface area contributed by atoms with Crippen molar-refractivity contribution in [3.05, 3.63) is 69.9 Å². The van der Waals surface area contributed by atoms with Gasteiger partial charge in [0.05, 0.1) is 23.6 Å². The Hall–Kier alpha value is -2.65. The minimum absolute atomic E-state index is 0.0439. The molecule has 0 aliphatic carbocycles. The standard InChI is InChI=1S/C18H13BrClF2N3O3/c19-11-4-5-16(28-18(21)22)15(6-11)17(26)24-13-8-23-25(9-13)10-27-14-3-1-2-12(20)7-14/h1-9,18H,10H2,(H,24,26). The number of rotatable bonds is 7. The normalized spacial score (nSPS) is 10.8. The van der Waals surface area contributed by atoms with Crippen LogP contribution in [0.5, 0.6) is 11.5 Å². The van der Waals surface area contributed by atoms with Crippen LogP contribution in [0.25, 0.3) is 0 Å². The summed E-state index contributed by atoms with van der Waals surface area (Å²) in [5.41, 5.74) is 0.320. The van der Waals surface area contributed by atoms with Gasteiger partial charge in [-0.25, -0.2) is 4.68 Å². The molecule has 1 heterocycles.